The molecule has 1 saturated heterocycles. The van der Waals surface area contributed by atoms with Gasteiger partial charge >= 0.3 is 0 Å². The van der Waals surface area contributed by atoms with Crippen molar-refractivity contribution in [3.05, 3.63) is 29.8 Å². The third-order valence-electron chi connectivity index (χ3n) is 4.04. The highest BCUT2D eigenvalue weighted by atomic mass is 32.2. The molecule has 1 aromatic carbocycles. The topological polar surface area (TPSA) is 66.5 Å². The van der Waals surface area contributed by atoms with Gasteiger partial charge in [0.1, 0.15) is 0 Å². The molecule has 1 aliphatic rings. The quantitative estimate of drug-likeness (QED) is 0.895. The fourth-order valence-electron chi connectivity index (χ4n) is 2.86. The summed E-state index contributed by atoms with van der Waals surface area (Å²) in [5.74, 6) is -0.119. The highest BCUT2D eigenvalue weighted by molar-refractivity contribution is 7.91. The number of piperidine rings is 1. The van der Waals surface area contributed by atoms with Crippen molar-refractivity contribution in [1.82, 2.24) is 10.2 Å². The molecular weight excluding hydrogens is 300 g/mol. The lowest BCUT2D eigenvalue weighted by molar-refractivity contribution is 0.0694. The zero-order valence-electron chi connectivity index (χ0n) is 13.2. The van der Waals surface area contributed by atoms with E-state index in [-0.39, 0.29) is 22.6 Å². The van der Waals surface area contributed by atoms with Gasteiger partial charge in [0.25, 0.3) is 5.91 Å². The first-order valence-corrected chi connectivity index (χ1v) is 9.43. The Bertz CT molecular complexity index is 628. The molecule has 22 heavy (non-hydrogen) atoms. The van der Waals surface area contributed by atoms with E-state index in [0.29, 0.717) is 25.1 Å². The van der Waals surface area contributed by atoms with Gasteiger partial charge in [0.15, 0.2) is 9.84 Å². The largest absolute Gasteiger partial charge is 0.337 e. The third kappa shape index (κ3) is 3.67. The lowest BCUT2D eigenvalue weighted by atomic mass is 10.0. The molecule has 2 rings (SSSR count). The van der Waals surface area contributed by atoms with Crippen LogP contribution in [0.5, 0.6) is 0 Å². The molecule has 1 amide bonds. The number of hydrogen-bond donors (Lipinski definition) is 1. The molecule has 5 nitrogen and oxygen atoms in total. The molecule has 0 aromatic heterocycles. The van der Waals surface area contributed by atoms with Crippen LogP contribution in [0.1, 0.15) is 36.5 Å². The zero-order chi connectivity index (χ0) is 16.2. The van der Waals surface area contributed by atoms with Crippen LogP contribution in [0.25, 0.3) is 0 Å². The molecule has 1 aromatic rings. The van der Waals surface area contributed by atoms with Gasteiger partial charge in [0.05, 0.1) is 16.2 Å². The maximum absolute atomic E-state index is 12.8. The van der Waals surface area contributed by atoms with Gasteiger partial charge in [-0.15, -0.1) is 0 Å². The van der Waals surface area contributed by atoms with Crippen LogP contribution < -0.4 is 5.32 Å². The van der Waals surface area contributed by atoms with Gasteiger partial charge in [0.2, 0.25) is 0 Å². The number of sulfone groups is 1. The SMILES string of the molecule is CCCS(=O)(=O)c1ccccc1C(=O)N1CCCC(NC)C1. The summed E-state index contributed by atoms with van der Waals surface area (Å²) in [6.45, 7) is 3.13. The van der Waals surface area contributed by atoms with Crippen LogP contribution >= 0.6 is 0 Å². The second kappa shape index (κ2) is 7.24. The van der Waals surface area contributed by atoms with Gasteiger partial charge in [-0.3, -0.25) is 4.79 Å². The molecule has 0 radical (unpaired) electrons. The van der Waals surface area contributed by atoms with Gasteiger partial charge in [-0.1, -0.05) is 19.1 Å². The van der Waals surface area contributed by atoms with E-state index in [4.69, 9.17) is 0 Å². The van der Waals surface area contributed by atoms with Gasteiger partial charge in [-0.05, 0) is 38.4 Å². The molecule has 0 saturated carbocycles. The van der Waals surface area contributed by atoms with Gasteiger partial charge < -0.3 is 10.2 Å². The fourth-order valence-corrected chi connectivity index (χ4v) is 4.39. The molecule has 1 aliphatic heterocycles. The fraction of sp³-hybridized carbons (Fsp3) is 0.562. The predicted octanol–water partition coefficient (Wildman–Crippen LogP) is 1.69. The number of carbonyl (C=O) groups is 1. The average Bonchev–Trinajstić information content (AvgIpc) is 2.54. The molecule has 0 spiro atoms. The Morgan fingerprint density at radius 3 is 2.77 bits per heavy atom. The average molecular weight is 324 g/mol. The van der Waals surface area contributed by atoms with Crippen LogP contribution in [-0.2, 0) is 9.84 Å². The second-order valence-electron chi connectivity index (χ2n) is 5.69. The number of rotatable bonds is 5. The van der Waals surface area contributed by atoms with E-state index in [9.17, 15) is 13.2 Å². The van der Waals surface area contributed by atoms with Crippen molar-refractivity contribution in [2.75, 3.05) is 25.9 Å². The molecule has 0 aliphatic carbocycles. The van der Waals surface area contributed by atoms with Crippen molar-refractivity contribution in [2.45, 2.75) is 37.1 Å². The molecule has 1 N–H and O–H groups in total. The third-order valence-corrected chi connectivity index (χ3v) is 6.01. The summed E-state index contributed by atoms with van der Waals surface area (Å²) in [6.07, 6.45) is 2.51. The van der Waals surface area contributed by atoms with Crippen LogP contribution in [0.2, 0.25) is 0 Å². The van der Waals surface area contributed by atoms with Crippen molar-refractivity contribution < 1.29 is 13.2 Å². The number of hydrogen-bond acceptors (Lipinski definition) is 4. The molecule has 1 atom stereocenters. The molecule has 6 heteroatoms. The van der Waals surface area contributed by atoms with E-state index in [0.717, 1.165) is 12.8 Å². The van der Waals surface area contributed by atoms with Crippen molar-refractivity contribution in [1.29, 1.82) is 0 Å². The van der Waals surface area contributed by atoms with Crippen molar-refractivity contribution >= 4 is 15.7 Å². The smallest absolute Gasteiger partial charge is 0.255 e. The highest BCUT2D eigenvalue weighted by Gasteiger charge is 2.28. The first-order chi connectivity index (χ1) is 10.5. The van der Waals surface area contributed by atoms with E-state index in [1.807, 2.05) is 14.0 Å². The number of likely N-dealkylation sites (tertiary alicyclic amines) is 1. The highest BCUT2D eigenvalue weighted by Crippen LogP contribution is 2.21. The first kappa shape index (κ1) is 17.0. The second-order valence-corrected chi connectivity index (χ2v) is 7.77. The molecule has 0 bridgehead atoms. The Balaban J connectivity index is 2.31. The predicted molar refractivity (Wildman–Crippen MR) is 86.8 cm³/mol. The van der Waals surface area contributed by atoms with Crippen LogP contribution in [0.4, 0.5) is 0 Å². The number of nitrogens with zero attached hydrogens (tertiary/aromatic N) is 1. The summed E-state index contributed by atoms with van der Waals surface area (Å²) in [6, 6.07) is 6.83. The van der Waals surface area contributed by atoms with E-state index in [1.54, 1.807) is 23.1 Å². The minimum atomic E-state index is -3.41. The minimum absolute atomic E-state index is 0.0659. The molecule has 1 fully saturated rings. The molecule has 1 heterocycles. The van der Waals surface area contributed by atoms with Gasteiger partial charge in [-0.2, -0.15) is 0 Å². The van der Waals surface area contributed by atoms with Crippen LogP contribution in [0.3, 0.4) is 0 Å². The van der Waals surface area contributed by atoms with E-state index < -0.39 is 9.84 Å². The summed E-state index contributed by atoms with van der Waals surface area (Å²) >= 11 is 0. The normalized spacial score (nSPS) is 19.2. The minimum Gasteiger partial charge on any atom is -0.337 e. The Morgan fingerprint density at radius 1 is 1.36 bits per heavy atom. The Kier molecular flexibility index (Phi) is 5.58. The van der Waals surface area contributed by atoms with E-state index in [1.165, 1.54) is 6.07 Å². The van der Waals surface area contributed by atoms with Crippen LogP contribution in [-0.4, -0.2) is 51.2 Å². The van der Waals surface area contributed by atoms with Crippen molar-refractivity contribution in [2.24, 2.45) is 0 Å². The number of likely N-dealkylation sites (N-methyl/N-ethyl adjacent to an activating group) is 1. The molecule has 122 valence electrons. The number of carbonyl (C=O) groups excluding carboxylic acids is 1. The van der Waals surface area contributed by atoms with Crippen LogP contribution in [0.15, 0.2) is 29.2 Å². The Morgan fingerprint density at radius 2 is 2.09 bits per heavy atom. The summed E-state index contributed by atoms with van der Waals surface area (Å²) in [7, 11) is -1.52. The maximum Gasteiger partial charge on any atom is 0.255 e. The summed E-state index contributed by atoms with van der Waals surface area (Å²) in [5, 5.41) is 3.19. The summed E-state index contributed by atoms with van der Waals surface area (Å²) in [5.41, 5.74) is 0.299. The number of benzene rings is 1. The molecule has 1 unspecified atom stereocenters. The standard InChI is InChI=1S/C16H24N2O3S/c1-3-11-22(20,21)15-9-5-4-8-14(15)16(19)18-10-6-7-13(12-18)17-2/h4-5,8-9,13,17H,3,6-7,10-12H2,1-2H3. The Hall–Kier alpha value is -1.40. The lowest BCUT2D eigenvalue weighted by Gasteiger charge is -2.33. The monoisotopic (exact) mass is 324 g/mol. The van der Waals surface area contributed by atoms with Gasteiger partial charge in [0, 0.05) is 19.1 Å². The van der Waals surface area contributed by atoms with Crippen molar-refractivity contribution in [3.63, 3.8) is 0 Å². The summed E-state index contributed by atoms with van der Waals surface area (Å²) < 4.78 is 24.8. The number of amides is 1. The van der Waals surface area contributed by atoms with Crippen molar-refractivity contribution in [3.8, 4) is 0 Å². The van der Waals surface area contributed by atoms with E-state index >= 15 is 0 Å². The zero-order valence-corrected chi connectivity index (χ0v) is 14.0. The first-order valence-electron chi connectivity index (χ1n) is 7.78. The van der Waals surface area contributed by atoms with Crippen LogP contribution in [0, 0.1) is 0 Å². The number of nitrogens with one attached hydrogen (secondary N) is 1. The lowest BCUT2D eigenvalue weighted by Crippen LogP contribution is -2.47. The van der Waals surface area contributed by atoms with Gasteiger partial charge in [-0.25, -0.2) is 8.42 Å². The Labute approximate surface area is 132 Å². The maximum atomic E-state index is 12.8. The van der Waals surface area contributed by atoms with E-state index in [2.05, 4.69) is 5.32 Å². The molecular formula is C16H24N2O3S. The summed E-state index contributed by atoms with van der Waals surface area (Å²) in [4.78, 5) is 14.7.